The number of aliphatic imine (C=N–C) groups is 1. The number of benzene rings is 1. The summed E-state index contributed by atoms with van der Waals surface area (Å²) in [7, 11) is 0. The fourth-order valence-electron chi connectivity index (χ4n) is 1.72. The molecule has 2 heteroatoms. The van der Waals surface area contributed by atoms with Crippen LogP contribution in [0.4, 0.5) is 5.88 Å². The Bertz CT molecular complexity index is 504. The maximum Gasteiger partial charge on any atom is 0.223 e. The summed E-state index contributed by atoms with van der Waals surface area (Å²) in [5.74, 6) is 0.763. The highest BCUT2D eigenvalue weighted by molar-refractivity contribution is 5.88. The molecule has 0 saturated heterocycles. The smallest absolute Gasteiger partial charge is 0.223 e. The van der Waals surface area contributed by atoms with Gasteiger partial charge >= 0.3 is 0 Å². The van der Waals surface area contributed by atoms with Crippen molar-refractivity contribution in [3.8, 4) is 0 Å². The molecular formula is C13H15NO. The minimum atomic E-state index is 0.763. The molecule has 0 unspecified atom stereocenters. The molecule has 0 amide bonds. The lowest BCUT2D eigenvalue weighted by Crippen LogP contribution is -1.81. The number of fused-ring (bicyclic) bond motifs is 1. The number of rotatable bonds is 2. The van der Waals surface area contributed by atoms with Crippen molar-refractivity contribution in [1.82, 2.24) is 0 Å². The molecule has 15 heavy (non-hydrogen) atoms. The Hall–Kier alpha value is -1.57. The largest absolute Gasteiger partial charge is 0.438 e. The van der Waals surface area contributed by atoms with Crippen LogP contribution in [-0.2, 0) is 6.42 Å². The predicted octanol–water partition coefficient (Wildman–Crippen LogP) is 4.11. The molecule has 2 rings (SSSR count). The van der Waals surface area contributed by atoms with Crippen LogP contribution >= 0.6 is 0 Å². The highest BCUT2D eigenvalue weighted by atomic mass is 16.3. The van der Waals surface area contributed by atoms with Gasteiger partial charge in [0.25, 0.3) is 0 Å². The van der Waals surface area contributed by atoms with Gasteiger partial charge in [-0.05, 0) is 26.3 Å². The van der Waals surface area contributed by atoms with Crippen LogP contribution < -0.4 is 0 Å². The molecule has 0 atom stereocenters. The Balaban J connectivity index is 2.69. The van der Waals surface area contributed by atoms with Gasteiger partial charge in [-0.25, -0.2) is 4.99 Å². The molecule has 0 aliphatic heterocycles. The number of hydrogen-bond donors (Lipinski definition) is 0. The molecule has 0 radical (unpaired) electrons. The van der Waals surface area contributed by atoms with Crippen LogP contribution in [0.3, 0.4) is 0 Å². The molecule has 1 heterocycles. The van der Waals surface area contributed by atoms with Crippen LogP contribution in [0.2, 0.25) is 0 Å². The molecule has 78 valence electrons. The summed E-state index contributed by atoms with van der Waals surface area (Å²) in [4.78, 5) is 4.42. The third kappa shape index (κ3) is 1.80. The summed E-state index contributed by atoms with van der Waals surface area (Å²) in [5.41, 5.74) is 3.14. The minimum Gasteiger partial charge on any atom is -0.438 e. The first kappa shape index (κ1) is 9.97. The second kappa shape index (κ2) is 3.89. The summed E-state index contributed by atoms with van der Waals surface area (Å²) >= 11 is 0. The van der Waals surface area contributed by atoms with Gasteiger partial charge < -0.3 is 4.42 Å². The summed E-state index contributed by atoms with van der Waals surface area (Å²) in [6.07, 6.45) is 0.948. The highest BCUT2D eigenvalue weighted by Crippen LogP contribution is 2.32. The van der Waals surface area contributed by atoms with Crippen LogP contribution in [0, 0.1) is 0 Å². The van der Waals surface area contributed by atoms with Crippen LogP contribution in [0.1, 0.15) is 26.3 Å². The molecule has 1 aromatic heterocycles. The zero-order valence-corrected chi connectivity index (χ0v) is 9.37. The molecule has 0 aliphatic carbocycles. The number of nitrogens with zero attached hydrogens (tertiary/aromatic N) is 1. The molecule has 0 N–H and O–H groups in total. The lowest BCUT2D eigenvalue weighted by atomic mass is 10.1. The first-order chi connectivity index (χ1) is 7.22. The van der Waals surface area contributed by atoms with Crippen molar-refractivity contribution in [2.75, 3.05) is 0 Å². The highest BCUT2D eigenvalue weighted by Gasteiger charge is 2.10. The third-order valence-corrected chi connectivity index (χ3v) is 2.36. The van der Waals surface area contributed by atoms with Gasteiger partial charge in [0, 0.05) is 16.7 Å². The van der Waals surface area contributed by atoms with Crippen LogP contribution in [-0.4, -0.2) is 5.71 Å². The standard InChI is InChI=1S/C13H15NO/c1-4-10-11-7-5-6-8-12(11)15-13(10)14-9(2)3/h5-8H,4H2,1-3H3. The number of hydrogen-bond acceptors (Lipinski definition) is 2. The SMILES string of the molecule is CCc1c(N=C(C)C)oc2ccccc12. The first-order valence-electron chi connectivity index (χ1n) is 5.24. The monoisotopic (exact) mass is 201 g/mol. The van der Waals surface area contributed by atoms with Crippen molar-refractivity contribution in [2.24, 2.45) is 4.99 Å². The molecule has 0 bridgehead atoms. The minimum absolute atomic E-state index is 0.763. The van der Waals surface area contributed by atoms with Crippen molar-refractivity contribution < 1.29 is 4.42 Å². The van der Waals surface area contributed by atoms with Gasteiger partial charge in [-0.2, -0.15) is 0 Å². The summed E-state index contributed by atoms with van der Waals surface area (Å²) in [6.45, 7) is 6.08. The molecule has 0 spiro atoms. The lowest BCUT2D eigenvalue weighted by Gasteiger charge is -1.93. The van der Waals surface area contributed by atoms with E-state index in [4.69, 9.17) is 4.42 Å². The second-order valence-corrected chi connectivity index (χ2v) is 3.79. The van der Waals surface area contributed by atoms with E-state index >= 15 is 0 Å². The Kier molecular flexibility index (Phi) is 2.58. The fraction of sp³-hybridized carbons (Fsp3) is 0.308. The third-order valence-electron chi connectivity index (χ3n) is 2.36. The number of para-hydroxylation sites is 1. The second-order valence-electron chi connectivity index (χ2n) is 3.79. The molecular weight excluding hydrogens is 186 g/mol. The summed E-state index contributed by atoms with van der Waals surface area (Å²) in [5, 5.41) is 1.18. The van der Waals surface area contributed by atoms with E-state index in [0.717, 1.165) is 23.6 Å². The van der Waals surface area contributed by atoms with Crippen LogP contribution in [0.5, 0.6) is 0 Å². The number of furan rings is 1. The topological polar surface area (TPSA) is 25.5 Å². The van der Waals surface area contributed by atoms with Crippen LogP contribution in [0.25, 0.3) is 11.0 Å². The maximum absolute atomic E-state index is 5.71. The fourth-order valence-corrected chi connectivity index (χ4v) is 1.72. The van der Waals surface area contributed by atoms with Crippen molar-refractivity contribution in [1.29, 1.82) is 0 Å². The van der Waals surface area contributed by atoms with Gasteiger partial charge in [0.2, 0.25) is 5.88 Å². The van der Waals surface area contributed by atoms with E-state index in [9.17, 15) is 0 Å². The van der Waals surface area contributed by atoms with E-state index in [1.807, 2.05) is 32.0 Å². The van der Waals surface area contributed by atoms with Crippen molar-refractivity contribution in [2.45, 2.75) is 27.2 Å². The Morgan fingerprint density at radius 3 is 2.67 bits per heavy atom. The summed E-state index contributed by atoms with van der Waals surface area (Å²) in [6, 6.07) is 8.08. The first-order valence-corrected chi connectivity index (χ1v) is 5.24. The van der Waals surface area contributed by atoms with Gasteiger partial charge in [0.05, 0.1) is 0 Å². The van der Waals surface area contributed by atoms with Gasteiger partial charge in [-0.1, -0.05) is 25.1 Å². The zero-order chi connectivity index (χ0) is 10.8. The molecule has 0 saturated carbocycles. The average Bonchev–Trinajstić information content (AvgIpc) is 2.53. The lowest BCUT2D eigenvalue weighted by molar-refractivity contribution is 0.621. The normalized spacial score (nSPS) is 10.6. The Labute approximate surface area is 89.6 Å². The van der Waals surface area contributed by atoms with E-state index in [0.29, 0.717) is 0 Å². The Morgan fingerprint density at radius 1 is 1.27 bits per heavy atom. The zero-order valence-electron chi connectivity index (χ0n) is 9.37. The summed E-state index contributed by atoms with van der Waals surface area (Å²) < 4.78 is 5.71. The van der Waals surface area contributed by atoms with E-state index in [1.165, 1.54) is 10.9 Å². The number of aryl methyl sites for hydroxylation is 1. The quantitative estimate of drug-likeness (QED) is 0.671. The van der Waals surface area contributed by atoms with E-state index in [-0.39, 0.29) is 0 Å². The van der Waals surface area contributed by atoms with E-state index in [2.05, 4.69) is 18.0 Å². The average molecular weight is 201 g/mol. The van der Waals surface area contributed by atoms with Gasteiger partial charge in [-0.15, -0.1) is 0 Å². The van der Waals surface area contributed by atoms with Gasteiger partial charge in [-0.3, -0.25) is 0 Å². The van der Waals surface area contributed by atoms with Gasteiger partial charge in [0.15, 0.2) is 0 Å². The van der Waals surface area contributed by atoms with Crippen molar-refractivity contribution >= 4 is 22.6 Å². The Morgan fingerprint density at radius 2 is 2.00 bits per heavy atom. The van der Waals surface area contributed by atoms with E-state index < -0.39 is 0 Å². The molecule has 1 aromatic carbocycles. The van der Waals surface area contributed by atoms with Crippen molar-refractivity contribution in [3.05, 3.63) is 29.8 Å². The van der Waals surface area contributed by atoms with Gasteiger partial charge in [0.1, 0.15) is 5.58 Å². The van der Waals surface area contributed by atoms with E-state index in [1.54, 1.807) is 0 Å². The molecule has 0 fully saturated rings. The molecule has 0 aliphatic rings. The van der Waals surface area contributed by atoms with Crippen molar-refractivity contribution in [3.63, 3.8) is 0 Å². The predicted molar refractivity (Wildman–Crippen MR) is 64.0 cm³/mol. The molecule has 2 aromatic rings. The molecule has 2 nitrogen and oxygen atoms in total. The maximum atomic E-state index is 5.71. The van der Waals surface area contributed by atoms with Crippen LogP contribution in [0.15, 0.2) is 33.7 Å².